The van der Waals surface area contributed by atoms with E-state index in [9.17, 15) is 13.2 Å². The minimum atomic E-state index is -3.91. The Morgan fingerprint density at radius 3 is 2.41 bits per heavy atom. The average Bonchev–Trinajstić information content (AvgIpc) is 3.15. The number of amides is 1. The van der Waals surface area contributed by atoms with E-state index in [1.54, 1.807) is 24.6 Å². The van der Waals surface area contributed by atoms with Crippen LogP contribution in [-0.2, 0) is 14.8 Å². The van der Waals surface area contributed by atoms with Crippen molar-refractivity contribution in [2.75, 3.05) is 24.3 Å². The molecule has 8 nitrogen and oxygen atoms in total. The summed E-state index contributed by atoms with van der Waals surface area (Å²) in [6.07, 6.45) is 0. The molecule has 152 valence electrons. The van der Waals surface area contributed by atoms with Gasteiger partial charge in [0.2, 0.25) is 5.91 Å². The zero-order valence-corrected chi connectivity index (χ0v) is 17.6. The maximum absolute atomic E-state index is 12.8. The number of methoxy groups -OCH3 is 2. The topological polar surface area (TPSA) is 107 Å². The smallest absolute Gasteiger partial charge is 0.263 e. The number of rotatable bonds is 7. The molecule has 0 aliphatic rings. The lowest BCUT2D eigenvalue weighted by Crippen LogP contribution is -2.14. The Kier molecular flexibility index (Phi) is 6.04. The summed E-state index contributed by atoms with van der Waals surface area (Å²) in [5.41, 5.74) is 1.75. The third-order valence-electron chi connectivity index (χ3n) is 3.90. The first-order chi connectivity index (χ1) is 13.8. The summed E-state index contributed by atoms with van der Waals surface area (Å²) in [6.45, 7) is 1.33. The van der Waals surface area contributed by atoms with E-state index in [-0.39, 0.29) is 21.6 Å². The zero-order chi connectivity index (χ0) is 21.0. The van der Waals surface area contributed by atoms with Gasteiger partial charge in [-0.25, -0.2) is 13.4 Å². The van der Waals surface area contributed by atoms with Crippen LogP contribution in [0.3, 0.4) is 0 Å². The quantitative estimate of drug-likeness (QED) is 0.590. The molecule has 10 heteroatoms. The van der Waals surface area contributed by atoms with Crippen molar-refractivity contribution >= 4 is 38.1 Å². The molecule has 2 aromatic carbocycles. The molecule has 3 aromatic rings. The number of anilines is 2. The van der Waals surface area contributed by atoms with Gasteiger partial charge in [-0.2, -0.15) is 0 Å². The molecule has 3 rings (SSSR count). The van der Waals surface area contributed by atoms with E-state index < -0.39 is 10.0 Å². The molecule has 1 heterocycles. The van der Waals surface area contributed by atoms with Crippen LogP contribution in [-0.4, -0.2) is 33.5 Å². The molecule has 0 fully saturated rings. The standard InChI is InChI=1S/C19H19N3O5S2/c1-12(23)20-16-10-15(8-9-18(16)27-3)29(24,25)22-19-21-17(11-28-19)13-4-6-14(26-2)7-5-13/h4-11H,1-3H3,(H,20,23)(H,21,22). The van der Waals surface area contributed by atoms with Crippen molar-refractivity contribution in [3.8, 4) is 22.8 Å². The lowest BCUT2D eigenvalue weighted by atomic mass is 10.2. The third-order valence-corrected chi connectivity index (χ3v) is 6.13. The van der Waals surface area contributed by atoms with Crippen LogP contribution in [0.4, 0.5) is 10.8 Å². The van der Waals surface area contributed by atoms with Crippen molar-refractivity contribution < 1.29 is 22.7 Å². The minimum Gasteiger partial charge on any atom is -0.497 e. The van der Waals surface area contributed by atoms with E-state index >= 15 is 0 Å². The van der Waals surface area contributed by atoms with Gasteiger partial charge in [-0.15, -0.1) is 11.3 Å². The van der Waals surface area contributed by atoms with Crippen LogP contribution >= 0.6 is 11.3 Å². The van der Waals surface area contributed by atoms with Crippen LogP contribution < -0.4 is 19.5 Å². The van der Waals surface area contributed by atoms with Crippen molar-refractivity contribution in [1.82, 2.24) is 4.98 Å². The lowest BCUT2D eigenvalue weighted by Gasteiger charge is -2.11. The van der Waals surface area contributed by atoms with Gasteiger partial charge >= 0.3 is 0 Å². The van der Waals surface area contributed by atoms with Crippen LogP contribution in [0.2, 0.25) is 0 Å². The molecular formula is C19H19N3O5S2. The van der Waals surface area contributed by atoms with Crippen LogP contribution in [0.5, 0.6) is 11.5 Å². The van der Waals surface area contributed by atoms with E-state index in [2.05, 4.69) is 15.0 Å². The van der Waals surface area contributed by atoms with Gasteiger partial charge in [0.05, 0.1) is 30.5 Å². The first-order valence-electron chi connectivity index (χ1n) is 8.41. The van der Waals surface area contributed by atoms with Crippen LogP contribution in [0.1, 0.15) is 6.92 Å². The van der Waals surface area contributed by atoms with Crippen LogP contribution in [0.15, 0.2) is 52.7 Å². The van der Waals surface area contributed by atoms with Crippen molar-refractivity contribution in [3.05, 3.63) is 47.8 Å². The molecule has 0 saturated heterocycles. The molecule has 2 N–H and O–H groups in total. The lowest BCUT2D eigenvalue weighted by molar-refractivity contribution is -0.114. The van der Waals surface area contributed by atoms with Gasteiger partial charge < -0.3 is 14.8 Å². The minimum absolute atomic E-state index is 0.0248. The van der Waals surface area contributed by atoms with E-state index in [0.29, 0.717) is 11.4 Å². The van der Waals surface area contributed by atoms with Crippen LogP contribution in [0, 0.1) is 0 Å². The van der Waals surface area contributed by atoms with Crippen molar-refractivity contribution in [2.45, 2.75) is 11.8 Å². The van der Waals surface area contributed by atoms with Crippen molar-refractivity contribution in [2.24, 2.45) is 0 Å². The number of nitrogens with zero attached hydrogens (tertiary/aromatic N) is 1. The Morgan fingerprint density at radius 2 is 1.79 bits per heavy atom. The molecule has 0 atom stereocenters. The maximum Gasteiger partial charge on any atom is 0.263 e. The number of thiazole rings is 1. The number of ether oxygens (including phenoxy) is 2. The van der Waals surface area contributed by atoms with Gasteiger partial charge in [-0.3, -0.25) is 9.52 Å². The zero-order valence-electron chi connectivity index (χ0n) is 15.9. The van der Waals surface area contributed by atoms with Crippen LogP contribution in [0.25, 0.3) is 11.3 Å². The Balaban J connectivity index is 1.84. The molecule has 0 unspecified atom stereocenters. The van der Waals surface area contributed by atoms with Gasteiger partial charge in [0.25, 0.3) is 10.0 Å². The first kappa shape index (κ1) is 20.6. The maximum atomic E-state index is 12.8. The van der Waals surface area contributed by atoms with E-state index in [0.717, 1.165) is 11.3 Å². The largest absolute Gasteiger partial charge is 0.497 e. The Hall–Kier alpha value is -3.11. The van der Waals surface area contributed by atoms with Gasteiger partial charge in [0.1, 0.15) is 11.5 Å². The highest BCUT2D eigenvalue weighted by Crippen LogP contribution is 2.30. The van der Waals surface area contributed by atoms with E-state index in [1.807, 2.05) is 12.1 Å². The molecule has 0 radical (unpaired) electrons. The summed E-state index contributed by atoms with van der Waals surface area (Å²) >= 11 is 1.17. The number of carbonyl (C=O) groups excluding carboxylic acids is 1. The predicted octanol–water partition coefficient (Wildman–Crippen LogP) is 3.59. The summed E-state index contributed by atoms with van der Waals surface area (Å²) in [6, 6.07) is 11.5. The second-order valence-electron chi connectivity index (χ2n) is 5.92. The number of aromatic nitrogens is 1. The number of benzene rings is 2. The summed E-state index contributed by atoms with van der Waals surface area (Å²) < 4.78 is 38.3. The summed E-state index contributed by atoms with van der Waals surface area (Å²) in [7, 11) is -0.887. The highest BCUT2D eigenvalue weighted by atomic mass is 32.2. The van der Waals surface area contributed by atoms with Gasteiger partial charge in [-0.1, -0.05) is 0 Å². The number of carbonyl (C=O) groups is 1. The Labute approximate surface area is 172 Å². The molecule has 0 saturated carbocycles. The first-order valence-corrected chi connectivity index (χ1v) is 10.8. The number of hydrogen-bond donors (Lipinski definition) is 2. The predicted molar refractivity (Wildman–Crippen MR) is 112 cm³/mol. The fourth-order valence-corrected chi connectivity index (χ4v) is 4.53. The second-order valence-corrected chi connectivity index (χ2v) is 8.46. The van der Waals surface area contributed by atoms with Gasteiger partial charge in [0.15, 0.2) is 5.13 Å². The van der Waals surface area contributed by atoms with E-state index in [4.69, 9.17) is 9.47 Å². The van der Waals surface area contributed by atoms with Crippen molar-refractivity contribution in [3.63, 3.8) is 0 Å². The average molecular weight is 434 g/mol. The normalized spacial score (nSPS) is 11.0. The highest BCUT2D eigenvalue weighted by molar-refractivity contribution is 7.93. The summed E-state index contributed by atoms with van der Waals surface area (Å²) in [5, 5.41) is 4.55. The summed E-state index contributed by atoms with van der Waals surface area (Å²) in [5.74, 6) is 0.740. The number of nitrogens with one attached hydrogen (secondary N) is 2. The molecule has 29 heavy (non-hydrogen) atoms. The Bertz CT molecular complexity index is 1130. The third kappa shape index (κ3) is 4.84. The van der Waals surface area contributed by atoms with E-state index in [1.165, 1.54) is 43.6 Å². The molecule has 0 spiro atoms. The molecule has 0 bridgehead atoms. The molecule has 0 aliphatic carbocycles. The molecular weight excluding hydrogens is 414 g/mol. The number of sulfonamides is 1. The van der Waals surface area contributed by atoms with Crippen molar-refractivity contribution in [1.29, 1.82) is 0 Å². The SMILES string of the molecule is COc1ccc(-c2csc(NS(=O)(=O)c3ccc(OC)c(NC(C)=O)c3)n2)cc1. The summed E-state index contributed by atoms with van der Waals surface area (Å²) in [4.78, 5) is 15.7. The monoisotopic (exact) mass is 433 g/mol. The van der Waals surface area contributed by atoms with Gasteiger partial charge in [0, 0.05) is 17.9 Å². The molecule has 0 aliphatic heterocycles. The molecule has 1 aromatic heterocycles. The van der Waals surface area contributed by atoms with Gasteiger partial charge in [-0.05, 0) is 42.5 Å². The number of hydrogen-bond acceptors (Lipinski definition) is 7. The fraction of sp³-hybridized carbons (Fsp3) is 0.158. The highest BCUT2D eigenvalue weighted by Gasteiger charge is 2.19. The Morgan fingerprint density at radius 1 is 1.07 bits per heavy atom. The molecule has 1 amide bonds. The fourth-order valence-electron chi connectivity index (χ4n) is 2.53. The second kappa shape index (κ2) is 8.50.